The molecule has 1 heterocycles. The molecule has 0 atom stereocenters. The lowest BCUT2D eigenvalue weighted by atomic mass is 10.0. The minimum Gasteiger partial charge on any atom is -0.444 e. The van der Waals surface area contributed by atoms with Crippen LogP contribution in [0.15, 0.2) is 12.3 Å². The maximum absolute atomic E-state index is 13.0. The number of carbonyl (C=O) groups excluding carboxylic acids is 2. The number of aromatic nitrogens is 1. The van der Waals surface area contributed by atoms with Gasteiger partial charge in [-0.05, 0) is 53.2 Å². The number of rotatable bonds is 4. The molecule has 1 aromatic heterocycles. The van der Waals surface area contributed by atoms with E-state index in [-0.39, 0.29) is 6.54 Å². The zero-order chi connectivity index (χ0) is 17.8. The summed E-state index contributed by atoms with van der Waals surface area (Å²) in [6.07, 6.45) is 0.423. The average Bonchev–Trinajstić information content (AvgIpc) is 2.34. The fourth-order valence-corrected chi connectivity index (χ4v) is 1.75. The van der Waals surface area contributed by atoms with Gasteiger partial charge in [-0.2, -0.15) is 0 Å². The minimum absolute atomic E-state index is 0.143. The van der Waals surface area contributed by atoms with Gasteiger partial charge in [-0.25, -0.2) is 9.18 Å². The maximum atomic E-state index is 13.0. The number of hydrogen-bond acceptors (Lipinski definition) is 4. The van der Waals surface area contributed by atoms with E-state index < -0.39 is 29.0 Å². The van der Waals surface area contributed by atoms with Gasteiger partial charge in [-0.15, -0.1) is 0 Å². The molecule has 0 aliphatic heterocycles. The SMILES string of the molecule is Cc1cc(F)cnc1CNC(=O)C(C)(C)NC(=O)OC(C)(C)C. The highest BCUT2D eigenvalue weighted by atomic mass is 19.1. The Balaban J connectivity index is 2.63. The minimum atomic E-state index is -1.16. The van der Waals surface area contributed by atoms with Crippen LogP contribution in [-0.4, -0.2) is 28.1 Å². The summed E-state index contributed by atoms with van der Waals surface area (Å²) in [5.41, 5.74) is -0.599. The molecule has 0 aromatic carbocycles. The number of halogens is 1. The zero-order valence-electron chi connectivity index (χ0n) is 14.4. The smallest absolute Gasteiger partial charge is 0.408 e. The predicted molar refractivity (Wildman–Crippen MR) is 84.2 cm³/mol. The van der Waals surface area contributed by atoms with Gasteiger partial charge in [0.05, 0.1) is 18.4 Å². The number of nitrogens with zero attached hydrogens (tertiary/aromatic N) is 1. The number of aryl methyl sites for hydroxylation is 1. The van der Waals surface area contributed by atoms with E-state index >= 15 is 0 Å². The highest BCUT2D eigenvalue weighted by Crippen LogP contribution is 2.11. The van der Waals surface area contributed by atoms with Crippen LogP contribution in [0.1, 0.15) is 45.9 Å². The third-order valence-corrected chi connectivity index (χ3v) is 2.95. The van der Waals surface area contributed by atoms with E-state index in [4.69, 9.17) is 4.74 Å². The van der Waals surface area contributed by atoms with Gasteiger partial charge in [-0.3, -0.25) is 9.78 Å². The van der Waals surface area contributed by atoms with Gasteiger partial charge in [0.15, 0.2) is 0 Å². The van der Waals surface area contributed by atoms with Crippen molar-refractivity contribution in [2.75, 3.05) is 0 Å². The number of ether oxygens (including phenoxy) is 1. The first-order valence-electron chi connectivity index (χ1n) is 7.31. The third kappa shape index (κ3) is 6.22. The molecule has 0 saturated heterocycles. The van der Waals surface area contributed by atoms with Gasteiger partial charge in [0.25, 0.3) is 0 Å². The second-order valence-electron chi connectivity index (χ2n) is 6.85. The largest absolute Gasteiger partial charge is 0.444 e. The molecule has 0 fully saturated rings. The molecule has 2 amide bonds. The number of nitrogens with one attached hydrogen (secondary N) is 2. The molecule has 0 radical (unpaired) electrons. The van der Waals surface area contributed by atoms with Gasteiger partial charge < -0.3 is 15.4 Å². The van der Waals surface area contributed by atoms with Crippen LogP contribution in [0.2, 0.25) is 0 Å². The molecule has 0 spiro atoms. The van der Waals surface area contributed by atoms with Gasteiger partial charge >= 0.3 is 6.09 Å². The summed E-state index contributed by atoms with van der Waals surface area (Å²) < 4.78 is 18.1. The molecular weight excluding hydrogens is 301 g/mol. The number of amides is 2. The Morgan fingerprint density at radius 2 is 1.87 bits per heavy atom. The first-order valence-corrected chi connectivity index (χ1v) is 7.31. The van der Waals surface area contributed by atoms with Crippen molar-refractivity contribution in [3.05, 3.63) is 29.3 Å². The van der Waals surface area contributed by atoms with Crippen LogP contribution in [0.3, 0.4) is 0 Å². The van der Waals surface area contributed by atoms with E-state index in [9.17, 15) is 14.0 Å². The topological polar surface area (TPSA) is 80.3 Å². The molecule has 23 heavy (non-hydrogen) atoms. The third-order valence-electron chi connectivity index (χ3n) is 2.95. The fourth-order valence-electron chi connectivity index (χ4n) is 1.75. The molecule has 0 bridgehead atoms. The van der Waals surface area contributed by atoms with Gasteiger partial charge in [0.1, 0.15) is 17.0 Å². The van der Waals surface area contributed by atoms with Crippen LogP contribution in [0.25, 0.3) is 0 Å². The van der Waals surface area contributed by atoms with E-state index in [0.29, 0.717) is 11.3 Å². The molecule has 1 aromatic rings. The highest BCUT2D eigenvalue weighted by Gasteiger charge is 2.31. The Labute approximate surface area is 135 Å². The Morgan fingerprint density at radius 1 is 1.26 bits per heavy atom. The van der Waals surface area contributed by atoms with Crippen molar-refractivity contribution in [3.63, 3.8) is 0 Å². The lowest BCUT2D eigenvalue weighted by Crippen LogP contribution is -2.55. The number of carbonyl (C=O) groups is 2. The number of alkyl carbamates (subject to hydrolysis) is 1. The number of hydrogen-bond donors (Lipinski definition) is 2. The summed E-state index contributed by atoms with van der Waals surface area (Å²) in [6.45, 7) is 10.2. The Morgan fingerprint density at radius 3 is 2.39 bits per heavy atom. The van der Waals surface area contributed by atoms with Crippen LogP contribution in [0.4, 0.5) is 9.18 Å². The summed E-state index contributed by atoms with van der Waals surface area (Å²) in [5.74, 6) is -0.821. The second kappa shape index (κ2) is 6.93. The van der Waals surface area contributed by atoms with Crippen molar-refractivity contribution < 1.29 is 18.7 Å². The summed E-state index contributed by atoms with van der Waals surface area (Å²) in [6, 6.07) is 1.35. The van der Waals surface area contributed by atoms with E-state index in [0.717, 1.165) is 6.20 Å². The molecule has 0 saturated carbocycles. The van der Waals surface area contributed by atoms with E-state index in [1.54, 1.807) is 41.5 Å². The van der Waals surface area contributed by atoms with Crippen molar-refractivity contribution in [1.29, 1.82) is 0 Å². The van der Waals surface area contributed by atoms with Gasteiger partial charge in [0, 0.05) is 0 Å². The van der Waals surface area contributed by atoms with E-state index in [2.05, 4.69) is 15.6 Å². The fraction of sp³-hybridized carbons (Fsp3) is 0.562. The molecule has 128 valence electrons. The van der Waals surface area contributed by atoms with Crippen molar-refractivity contribution in [3.8, 4) is 0 Å². The van der Waals surface area contributed by atoms with Gasteiger partial charge in [0.2, 0.25) is 5.91 Å². The van der Waals surface area contributed by atoms with Crippen LogP contribution < -0.4 is 10.6 Å². The first-order chi connectivity index (χ1) is 10.4. The normalized spacial score (nSPS) is 11.8. The molecule has 1 rings (SSSR count). The molecule has 7 heteroatoms. The van der Waals surface area contributed by atoms with E-state index in [1.807, 2.05) is 0 Å². The lowest BCUT2D eigenvalue weighted by Gasteiger charge is -2.27. The van der Waals surface area contributed by atoms with Crippen LogP contribution in [0.5, 0.6) is 0 Å². The Kier molecular flexibility index (Phi) is 5.69. The molecule has 0 unspecified atom stereocenters. The number of pyridine rings is 1. The van der Waals surface area contributed by atoms with Crippen molar-refractivity contribution in [2.45, 2.75) is 59.2 Å². The molecule has 0 aliphatic rings. The highest BCUT2D eigenvalue weighted by molar-refractivity contribution is 5.89. The van der Waals surface area contributed by atoms with Gasteiger partial charge in [-0.1, -0.05) is 0 Å². The summed E-state index contributed by atoms with van der Waals surface area (Å²) >= 11 is 0. The predicted octanol–water partition coefficient (Wildman–Crippen LogP) is 2.45. The van der Waals surface area contributed by atoms with Crippen LogP contribution in [0, 0.1) is 12.7 Å². The van der Waals surface area contributed by atoms with Crippen molar-refractivity contribution in [2.24, 2.45) is 0 Å². The second-order valence-corrected chi connectivity index (χ2v) is 6.85. The standard InChI is InChI=1S/C16H24FN3O3/c1-10-7-11(17)8-18-12(10)9-19-13(21)16(5,6)20-14(22)23-15(2,3)4/h7-8H,9H2,1-6H3,(H,19,21)(H,20,22). The molecular formula is C16H24FN3O3. The van der Waals surface area contributed by atoms with E-state index in [1.165, 1.54) is 6.07 Å². The molecule has 6 nitrogen and oxygen atoms in total. The van der Waals surface area contributed by atoms with Crippen LogP contribution >= 0.6 is 0 Å². The zero-order valence-corrected chi connectivity index (χ0v) is 14.4. The van der Waals surface area contributed by atoms with Crippen molar-refractivity contribution in [1.82, 2.24) is 15.6 Å². The summed E-state index contributed by atoms with van der Waals surface area (Å²) in [5, 5.41) is 5.19. The van der Waals surface area contributed by atoms with Crippen LogP contribution in [-0.2, 0) is 16.1 Å². The molecule has 0 aliphatic carbocycles. The summed E-state index contributed by atoms with van der Waals surface area (Å²) in [4.78, 5) is 28.0. The average molecular weight is 325 g/mol. The quantitative estimate of drug-likeness (QED) is 0.891. The maximum Gasteiger partial charge on any atom is 0.408 e. The first kappa shape index (κ1) is 18.9. The Hall–Kier alpha value is -2.18. The monoisotopic (exact) mass is 325 g/mol. The lowest BCUT2D eigenvalue weighted by molar-refractivity contribution is -0.126. The van der Waals surface area contributed by atoms with Crippen molar-refractivity contribution >= 4 is 12.0 Å². The Bertz CT molecular complexity index is 595. The molecule has 2 N–H and O–H groups in total. The summed E-state index contributed by atoms with van der Waals surface area (Å²) in [7, 11) is 0.